The van der Waals surface area contributed by atoms with Crippen molar-refractivity contribution in [1.29, 1.82) is 5.26 Å². The van der Waals surface area contributed by atoms with E-state index < -0.39 is 0 Å². The van der Waals surface area contributed by atoms with Gasteiger partial charge >= 0.3 is 0 Å². The van der Waals surface area contributed by atoms with Crippen LogP contribution in [0.15, 0.2) is 48.5 Å². The average Bonchev–Trinajstić information content (AvgIpc) is 2.62. The molecule has 1 amide bonds. The van der Waals surface area contributed by atoms with Crippen molar-refractivity contribution in [3.8, 4) is 11.8 Å². The van der Waals surface area contributed by atoms with Gasteiger partial charge in [-0.15, -0.1) is 0 Å². The Labute approximate surface area is 143 Å². The van der Waals surface area contributed by atoms with Crippen LogP contribution in [0.4, 0.5) is 0 Å². The molecule has 24 heavy (non-hydrogen) atoms. The minimum Gasteiger partial charge on any atom is -0.496 e. The summed E-state index contributed by atoms with van der Waals surface area (Å²) in [5.41, 5.74) is 2.52. The number of amides is 1. The van der Waals surface area contributed by atoms with Crippen LogP contribution in [0.25, 0.3) is 0 Å². The highest BCUT2D eigenvalue weighted by molar-refractivity contribution is 5.80. The van der Waals surface area contributed by atoms with Crippen molar-refractivity contribution in [3.63, 3.8) is 0 Å². The normalized spacial score (nSPS) is 11.4. The van der Waals surface area contributed by atoms with Gasteiger partial charge in [-0.25, -0.2) is 0 Å². The van der Waals surface area contributed by atoms with Gasteiger partial charge < -0.3 is 9.64 Å². The third-order valence-electron chi connectivity index (χ3n) is 4.18. The number of rotatable bonds is 6. The van der Waals surface area contributed by atoms with Gasteiger partial charge in [0, 0.05) is 12.1 Å². The van der Waals surface area contributed by atoms with Gasteiger partial charge in [-0.3, -0.25) is 4.79 Å². The molecule has 0 aliphatic heterocycles. The van der Waals surface area contributed by atoms with E-state index in [1.807, 2.05) is 55.1 Å². The van der Waals surface area contributed by atoms with Crippen LogP contribution in [0.2, 0.25) is 0 Å². The Balaban J connectivity index is 2.17. The van der Waals surface area contributed by atoms with Crippen molar-refractivity contribution in [2.75, 3.05) is 13.7 Å². The first-order valence-corrected chi connectivity index (χ1v) is 8.02. The fourth-order valence-corrected chi connectivity index (χ4v) is 2.80. The molecule has 2 aromatic carbocycles. The van der Waals surface area contributed by atoms with Crippen LogP contribution in [-0.4, -0.2) is 24.5 Å². The molecule has 2 rings (SSSR count). The van der Waals surface area contributed by atoms with Crippen LogP contribution in [-0.2, 0) is 11.2 Å². The highest BCUT2D eigenvalue weighted by Crippen LogP contribution is 2.24. The number of hydrogen-bond donors (Lipinski definition) is 0. The largest absolute Gasteiger partial charge is 0.496 e. The zero-order valence-electron chi connectivity index (χ0n) is 14.3. The molecule has 4 nitrogen and oxygen atoms in total. The topological polar surface area (TPSA) is 53.3 Å². The number of nitriles is 1. The van der Waals surface area contributed by atoms with Gasteiger partial charge in [-0.1, -0.05) is 30.3 Å². The molecular formula is C20H22N2O2. The smallest absolute Gasteiger partial charge is 0.227 e. The van der Waals surface area contributed by atoms with Crippen molar-refractivity contribution in [2.24, 2.45) is 0 Å². The highest BCUT2D eigenvalue weighted by Gasteiger charge is 2.21. The van der Waals surface area contributed by atoms with Gasteiger partial charge in [0.25, 0.3) is 0 Å². The van der Waals surface area contributed by atoms with Crippen molar-refractivity contribution in [2.45, 2.75) is 26.3 Å². The van der Waals surface area contributed by atoms with Gasteiger partial charge in [0.15, 0.2) is 0 Å². The molecule has 0 heterocycles. The third-order valence-corrected chi connectivity index (χ3v) is 4.18. The van der Waals surface area contributed by atoms with Gasteiger partial charge in [-0.2, -0.15) is 5.26 Å². The van der Waals surface area contributed by atoms with E-state index in [1.54, 1.807) is 19.2 Å². The Morgan fingerprint density at radius 3 is 2.46 bits per heavy atom. The molecule has 4 heteroatoms. The van der Waals surface area contributed by atoms with E-state index in [-0.39, 0.29) is 11.9 Å². The molecule has 0 fully saturated rings. The number of carbonyl (C=O) groups is 1. The van der Waals surface area contributed by atoms with Gasteiger partial charge in [0.05, 0.1) is 31.2 Å². The van der Waals surface area contributed by atoms with Crippen LogP contribution < -0.4 is 4.74 Å². The van der Waals surface area contributed by atoms with Gasteiger partial charge in [-0.05, 0) is 37.6 Å². The van der Waals surface area contributed by atoms with Crippen molar-refractivity contribution in [1.82, 2.24) is 4.90 Å². The van der Waals surface area contributed by atoms with Crippen LogP contribution in [0.5, 0.6) is 5.75 Å². The second-order valence-electron chi connectivity index (χ2n) is 5.58. The summed E-state index contributed by atoms with van der Waals surface area (Å²) in [4.78, 5) is 14.6. The van der Waals surface area contributed by atoms with Crippen LogP contribution >= 0.6 is 0 Å². The Kier molecular flexibility index (Phi) is 5.97. The lowest BCUT2D eigenvalue weighted by molar-refractivity contribution is -0.132. The molecule has 0 spiro atoms. The number of hydrogen-bond acceptors (Lipinski definition) is 3. The number of benzene rings is 2. The summed E-state index contributed by atoms with van der Waals surface area (Å²) < 4.78 is 5.33. The molecule has 0 aliphatic carbocycles. The predicted molar refractivity (Wildman–Crippen MR) is 93.7 cm³/mol. The lowest BCUT2D eigenvalue weighted by Gasteiger charge is -2.29. The summed E-state index contributed by atoms with van der Waals surface area (Å²) in [6.45, 7) is 4.60. The predicted octanol–water partition coefficient (Wildman–Crippen LogP) is 3.72. The molecule has 1 atom stereocenters. The number of carbonyl (C=O) groups excluding carboxylic acids is 1. The summed E-state index contributed by atoms with van der Waals surface area (Å²) in [6, 6.07) is 17.0. The number of likely N-dealkylation sites (N-methyl/N-ethyl adjacent to an activating group) is 1. The zero-order valence-corrected chi connectivity index (χ0v) is 14.3. The quantitative estimate of drug-likeness (QED) is 0.814. The first-order valence-electron chi connectivity index (χ1n) is 8.02. The lowest BCUT2D eigenvalue weighted by Crippen LogP contribution is -2.34. The van der Waals surface area contributed by atoms with Gasteiger partial charge in [0.1, 0.15) is 5.75 Å². The van der Waals surface area contributed by atoms with E-state index in [1.165, 1.54) is 0 Å². The number of para-hydroxylation sites is 1. The van der Waals surface area contributed by atoms with Crippen molar-refractivity contribution in [3.05, 3.63) is 65.2 Å². The highest BCUT2D eigenvalue weighted by atomic mass is 16.5. The van der Waals surface area contributed by atoms with Crippen LogP contribution in [0.1, 0.15) is 36.6 Å². The standard InChI is InChI=1S/C20H22N2O2/c1-4-22(15(2)17-11-9-16(14-21)10-12-17)20(23)13-18-7-5-6-8-19(18)24-3/h5-12,15H,4,13H2,1-3H3. The Morgan fingerprint density at radius 2 is 1.88 bits per heavy atom. The maximum absolute atomic E-state index is 12.8. The summed E-state index contributed by atoms with van der Waals surface area (Å²) in [5, 5.41) is 8.90. The van der Waals surface area contributed by atoms with E-state index >= 15 is 0 Å². The molecule has 0 bridgehead atoms. The SMILES string of the molecule is CCN(C(=O)Cc1ccccc1OC)C(C)c1ccc(C#N)cc1. The molecule has 2 aromatic rings. The first-order chi connectivity index (χ1) is 11.6. The molecule has 0 aliphatic rings. The number of methoxy groups -OCH3 is 1. The molecule has 0 saturated carbocycles. The minimum absolute atomic E-state index is 0.0510. The zero-order chi connectivity index (χ0) is 17.5. The fourth-order valence-electron chi connectivity index (χ4n) is 2.80. The molecule has 124 valence electrons. The summed E-state index contributed by atoms with van der Waals surface area (Å²) >= 11 is 0. The number of ether oxygens (including phenoxy) is 1. The Bertz CT molecular complexity index is 732. The van der Waals surface area contributed by atoms with Crippen LogP contribution in [0, 0.1) is 11.3 Å². The average molecular weight is 322 g/mol. The molecular weight excluding hydrogens is 300 g/mol. The minimum atomic E-state index is -0.0510. The van der Waals surface area contributed by atoms with E-state index in [4.69, 9.17) is 10.00 Å². The second-order valence-corrected chi connectivity index (χ2v) is 5.58. The summed E-state index contributed by atoms with van der Waals surface area (Å²) in [7, 11) is 1.61. The van der Waals surface area contributed by atoms with Crippen LogP contribution in [0.3, 0.4) is 0 Å². The first kappa shape index (κ1) is 17.6. The van der Waals surface area contributed by atoms with Crippen molar-refractivity contribution >= 4 is 5.91 Å². The van der Waals surface area contributed by atoms with E-state index in [2.05, 4.69) is 6.07 Å². The van der Waals surface area contributed by atoms with Crippen molar-refractivity contribution < 1.29 is 9.53 Å². The lowest BCUT2D eigenvalue weighted by atomic mass is 10.0. The van der Waals surface area contributed by atoms with E-state index in [9.17, 15) is 4.79 Å². The summed E-state index contributed by atoms with van der Waals surface area (Å²) in [5.74, 6) is 0.784. The molecule has 1 unspecified atom stereocenters. The molecule has 0 aromatic heterocycles. The monoisotopic (exact) mass is 322 g/mol. The third kappa shape index (κ3) is 3.94. The van der Waals surface area contributed by atoms with E-state index in [0.717, 1.165) is 16.9 Å². The Hall–Kier alpha value is -2.80. The number of nitrogens with zero attached hydrogens (tertiary/aromatic N) is 2. The van der Waals surface area contributed by atoms with E-state index in [0.29, 0.717) is 18.5 Å². The maximum atomic E-state index is 12.8. The molecule has 0 N–H and O–H groups in total. The maximum Gasteiger partial charge on any atom is 0.227 e. The summed E-state index contributed by atoms with van der Waals surface area (Å²) in [6.07, 6.45) is 0.304. The van der Waals surface area contributed by atoms with Gasteiger partial charge in [0.2, 0.25) is 5.91 Å². The fraction of sp³-hybridized carbons (Fsp3) is 0.300. The second kappa shape index (κ2) is 8.16. The molecule has 0 radical (unpaired) electrons. The molecule has 0 saturated heterocycles. The Morgan fingerprint density at radius 1 is 1.21 bits per heavy atom.